The number of halogens is 3. The molecule has 6 heteroatoms. The molecule has 0 saturated carbocycles. The third kappa shape index (κ3) is 3.96. The minimum atomic E-state index is -4.43. The normalized spacial score (nSPS) is 12.3. The average molecular weight is 288 g/mol. The van der Waals surface area contributed by atoms with E-state index < -0.39 is 17.3 Å². The van der Waals surface area contributed by atoms with Gasteiger partial charge in [0.15, 0.2) is 0 Å². The first-order chi connectivity index (χ1) is 9.08. The van der Waals surface area contributed by atoms with Crippen LogP contribution in [-0.2, 0) is 11.0 Å². The van der Waals surface area contributed by atoms with Crippen molar-refractivity contribution in [1.29, 1.82) is 0 Å². The summed E-state index contributed by atoms with van der Waals surface area (Å²) in [6.45, 7) is 7.44. The molecule has 112 valence electrons. The molecule has 1 rings (SSSR count). The van der Waals surface area contributed by atoms with E-state index in [-0.39, 0.29) is 11.6 Å². The quantitative estimate of drug-likeness (QED) is 0.892. The van der Waals surface area contributed by atoms with E-state index in [1.165, 1.54) is 6.07 Å². The number of carbonyl (C=O) groups is 1. The van der Waals surface area contributed by atoms with Gasteiger partial charge in [-0.05, 0) is 45.0 Å². The van der Waals surface area contributed by atoms with Crippen LogP contribution >= 0.6 is 0 Å². The third-order valence-corrected chi connectivity index (χ3v) is 3.00. The van der Waals surface area contributed by atoms with Crippen molar-refractivity contribution in [2.24, 2.45) is 0 Å². The molecule has 0 unspecified atom stereocenters. The van der Waals surface area contributed by atoms with Gasteiger partial charge in [-0.15, -0.1) is 0 Å². The van der Waals surface area contributed by atoms with Gasteiger partial charge < -0.3 is 10.6 Å². The van der Waals surface area contributed by atoms with Crippen LogP contribution in [0, 0.1) is 6.92 Å². The standard InChI is InChI=1S/C14H19F3N2O/c1-5-18-13(3,4)12(20)19-11-8-10(14(15,16)17)7-6-9(11)2/h6-8,18H,5H2,1-4H3,(H,19,20). The van der Waals surface area contributed by atoms with E-state index in [0.29, 0.717) is 12.1 Å². The highest BCUT2D eigenvalue weighted by molar-refractivity contribution is 5.98. The lowest BCUT2D eigenvalue weighted by atomic mass is 10.0. The average Bonchev–Trinajstić information content (AvgIpc) is 2.30. The first-order valence-electron chi connectivity index (χ1n) is 6.32. The van der Waals surface area contributed by atoms with Gasteiger partial charge in [-0.3, -0.25) is 4.79 Å². The fraction of sp³-hybridized carbons (Fsp3) is 0.500. The van der Waals surface area contributed by atoms with Crippen molar-refractivity contribution in [3.05, 3.63) is 29.3 Å². The van der Waals surface area contributed by atoms with Crippen LogP contribution in [0.4, 0.5) is 18.9 Å². The first kappa shape index (κ1) is 16.5. The molecule has 0 aliphatic carbocycles. The molecule has 20 heavy (non-hydrogen) atoms. The van der Waals surface area contributed by atoms with Gasteiger partial charge in [0.1, 0.15) is 0 Å². The summed E-state index contributed by atoms with van der Waals surface area (Å²) in [7, 11) is 0. The zero-order valence-corrected chi connectivity index (χ0v) is 12.0. The third-order valence-electron chi connectivity index (χ3n) is 3.00. The summed E-state index contributed by atoms with van der Waals surface area (Å²) >= 11 is 0. The number of hydrogen-bond acceptors (Lipinski definition) is 2. The Hall–Kier alpha value is -1.56. The number of likely N-dealkylation sites (N-methyl/N-ethyl adjacent to an activating group) is 1. The summed E-state index contributed by atoms with van der Waals surface area (Å²) in [6.07, 6.45) is -4.43. The van der Waals surface area contributed by atoms with Crippen LogP contribution < -0.4 is 10.6 Å². The Morgan fingerprint density at radius 1 is 1.25 bits per heavy atom. The molecule has 0 bridgehead atoms. The second-order valence-electron chi connectivity index (χ2n) is 5.14. The summed E-state index contributed by atoms with van der Waals surface area (Å²) in [5, 5.41) is 5.52. The van der Waals surface area contributed by atoms with Crippen molar-refractivity contribution in [3.63, 3.8) is 0 Å². The minimum absolute atomic E-state index is 0.177. The Morgan fingerprint density at radius 3 is 2.35 bits per heavy atom. The van der Waals surface area contributed by atoms with Crippen molar-refractivity contribution in [1.82, 2.24) is 5.32 Å². The van der Waals surface area contributed by atoms with Gasteiger partial charge in [-0.2, -0.15) is 13.2 Å². The SMILES string of the molecule is CCNC(C)(C)C(=O)Nc1cc(C(F)(F)F)ccc1C. The van der Waals surface area contributed by atoms with Gasteiger partial charge in [0, 0.05) is 5.69 Å². The van der Waals surface area contributed by atoms with E-state index in [1.807, 2.05) is 6.92 Å². The van der Waals surface area contributed by atoms with Crippen molar-refractivity contribution in [2.45, 2.75) is 39.4 Å². The Morgan fingerprint density at radius 2 is 1.85 bits per heavy atom. The summed E-state index contributed by atoms with van der Waals surface area (Å²) in [6, 6.07) is 3.30. The molecular weight excluding hydrogens is 269 g/mol. The fourth-order valence-electron chi connectivity index (χ4n) is 1.73. The lowest BCUT2D eigenvalue weighted by Crippen LogP contribution is -2.49. The van der Waals surface area contributed by atoms with Crippen LogP contribution in [0.1, 0.15) is 31.9 Å². The molecule has 1 amide bonds. The Kier molecular flexibility index (Phi) is 4.81. The molecule has 0 spiro atoms. The molecule has 0 radical (unpaired) electrons. The highest BCUT2D eigenvalue weighted by Gasteiger charge is 2.32. The largest absolute Gasteiger partial charge is 0.416 e. The number of carbonyl (C=O) groups excluding carboxylic acids is 1. The maximum Gasteiger partial charge on any atom is 0.416 e. The maximum absolute atomic E-state index is 12.7. The summed E-state index contributed by atoms with van der Waals surface area (Å²) in [4.78, 5) is 12.1. The second kappa shape index (κ2) is 5.83. The maximum atomic E-state index is 12.7. The van der Waals surface area contributed by atoms with Crippen LogP contribution in [0.5, 0.6) is 0 Å². The van der Waals surface area contributed by atoms with Crippen molar-refractivity contribution < 1.29 is 18.0 Å². The zero-order chi connectivity index (χ0) is 15.6. The molecule has 0 heterocycles. The van der Waals surface area contributed by atoms with Gasteiger partial charge in [-0.25, -0.2) is 0 Å². The predicted molar refractivity (Wildman–Crippen MR) is 72.6 cm³/mol. The summed E-state index contributed by atoms with van der Waals surface area (Å²) < 4.78 is 38.0. The zero-order valence-electron chi connectivity index (χ0n) is 12.0. The van der Waals surface area contributed by atoms with Crippen molar-refractivity contribution in [3.8, 4) is 0 Å². The Bertz CT molecular complexity index is 496. The number of anilines is 1. The molecule has 0 aromatic heterocycles. The molecule has 0 aliphatic heterocycles. The molecule has 0 fully saturated rings. The van der Waals surface area contributed by atoms with E-state index in [2.05, 4.69) is 10.6 Å². The molecule has 0 atom stereocenters. The van der Waals surface area contributed by atoms with E-state index in [4.69, 9.17) is 0 Å². The lowest BCUT2D eigenvalue weighted by Gasteiger charge is -2.25. The number of benzene rings is 1. The highest BCUT2D eigenvalue weighted by atomic mass is 19.4. The lowest BCUT2D eigenvalue weighted by molar-refractivity contribution is -0.137. The smallest absolute Gasteiger partial charge is 0.324 e. The monoisotopic (exact) mass is 288 g/mol. The number of rotatable bonds is 4. The number of hydrogen-bond donors (Lipinski definition) is 2. The fourth-order valence-corrected chi connectivity index (χ4v) is 1.73. The van der Waals surface area contributed by atoms with E-state index in [1.54, 1.807) is 20.8 Å². The molecule has 0 saturated heterocycles. The summed E-state index contributed by atoms with van der Waals surface area (Å²) in [5.41, 5.74) is -0.871. The van der Waals surface area contributed by atoms with Crippen LogP contribution in [0.25, 0.3) is 0 Å². The first-order valence-corrected chi connectivity index (χ1v) is 6.32. The topological polar surface area (TPSA) is 41.1 Å². The minimum Gasteiger partial charge on any atom is -0.324 e. The van der Waals surface area contributed by atoms with Gasteiger partial charge in [0.2, 0.25) is 5.91 Å². The van der Waals surface area contributed by atoms with Crippen LogP contribution in [-0.4, -0.2) is 18.0 Å². The summed E-state index contributed by atoms with van der Waals surface area (Å²) in [5.74, 6) is -0.373. The molecule has 2 N–H and O–H groups in total. The van der Waals surface area contributed by atoms with Crippen molar-refractivity contribution >= 4 is 11.6 Å². The number of nitrogens with one attached hydrogen (secondary N) is 2. The van der Waals surface area contributed by atoms with Crippen LogP contribution in [0.15, 0.2) is 18.2 Å². The number of alkyl halides is 3. The highest BCUT2D eigenvalue weighted by Crippen LogP contribution is 2.32. The van der Waals surface area contributed by atoms with Crippen LogP contribution in [0.3, 0.4) is 0 Å². The number of amides is 1. The Balaban J connectivity index is 3.01. The van der Waals surface area contributed by atoms with E-state index in [0.717, 1.165) is 12.1 Å². The van der Waals surface area contributed by atoms with Gasteiger partial charge in [-0.1, -0.05) is 13.0 Å². The number of aryl methyl sites for hydroxylation is 1. The van der Waals surface area contributed by atoms with Crippen molar-refractivity contribution in [2.75, 3.05) is 11.9 Å². The molecule has 3 nitrogen and oxygen atoms in total. The predicted octanol–water partition coefficient (Wildman–Crippen LogP) is 3.34. The van der Waals surface area contributed by atoms with E-state index >= 15 is 0 Å². The van der Waals surface area contributed by atoms with Gasteiger partial charge >= 0.3 is 6.18 Å². The molecule has 1 aromatic rings. The van der Waals surface area contributed by atoms with Gasteiger partial charge in [0.25, 0.3) is 0 Å². The second-order valence-corrected chi connectivity index (χ2v) is 5.14. The van der Waals surface area contributed by atoms with Gasteiger partial charge in [0.05, 0.1) is 11.1 Å². The molecule has 1 aromatic carbocycles. The van der Waals surface area contributed by atoms with Crippen LogP contribution in [0.2, 0.25) is 0 Å². The van der Waals surface area contributed by atoms with E-state index in [9.17, 15) is 18.0 Å². The molecular formula is C14H19F3N2O. The Labute approximate surface area is 116 Å². The molecule has 0 aliphatic rings.